The summed E-state index contributed by atoms with van der Waals surface area (Å²) in [5.74, 6) is -1.46. The number of allylic oxidation sites excluding steroid dienone is 1. The third kappa shape index (κ3) is 2.78. The first kappa shape index (κ1) is 13.6. The zero-order valence-electron chi connectivity index (χ0n) is 10.5. The molecule has 2 rings (SSSR count). The Bertz CT molecular complexity index is 584. The molecule has 0 aromatic heterocycles. The third-order valence-electron chi connectivity index (χ3n) is 2.81. The quantitative estimate of drug-likeness (QED) is 0.874. The first-order valence-corrected chi connectivity index (χ1v) is 6.83. The smallest absolute Gasteiger partial charge is 0.335 e. The second kappa shape index (κ2) is 5.44. The maximum Gasteiger partial charge on any atom is 0.335 e. The van der Waals surface area contributed by atoms with Crippen LogP contribution in [0.25, 0.3) is 0 Å². The van der Waals surface area contributed by atoms with Gasteiger partial charge in [0.15, 0.2) is 5.17 Å². The van der Waals surface area contributed by atoms with Crippen molar-refractivity contribution < 1.29 is 14.3 Å². The number of carbonyl (C=O) groups is 1. The fraction of sp³-hybridized carbons (Fsp3) is 0.231. The summed E-state index contributed by atoms with van der Waals surface area (Å²) < 4.78 is 13.3. The summed E-state index contributed by atoms with van der Waals surface area (Å²) in [6.07, 6.45) is 1.84. The number of amidine groups is 1. The lowest BCUT2D eigenvalue weighted by Crippen LogP contribution is -2.29. The van der Waals surface area contributed by atoms with Gasteiger partial charge in [0.25, 0.3) is 0 Å². The molecule has 0 amide bonds. The number of hydrogen-bond acceptors (Lipinski definition) is 4. The van der Waals surface area contributed by atoms with Crippen LogP contribution in [0, 0.1) is 5.82 Å². The highest BCUT2D eigenvalue weighted by Gasteiger charge is 2.28. The number of thioether (sulfide) groups is 1. The van der Waals surface area contributed by atoms with Crippen LogP contribution in [0.3, 0.4) is 0 Å². The fourth-order valence-corrected chi connectivity index (χ4v) is 2.41. The molecule has 1 aromatic rings. The summed E-state index contributed by atoms with van der Waals surface area (Å²) in [5.41, 5.74) is 1.20. The third-order valence-corrected chi connectivity index (χ3v) is 3.40. The number of nitrogens with one attached hydrogen (secondary N) is 1. The summed E-state index contributed by atoms with van der Waals surface area (Å²) in [7, 11) is 0. The van der Waals surface area contributed by atoms with Gasteiger partial charge in [-0.2, -0.15) is 0 Å². The number of aliphatic carboxylic acids is 1. The number of carboxylic acids is 1. The lowest BCUT2D eigenvalue weighted by molar-refractivity contribution is -0.133. The van der Waals surface area contributed by atoms with Crippen LogP contribution in [0.2, 0.25) is 0 Å². The van der Waals surface area contributed by atoms with Gasteiger partial charge in [0.2, 0.25) is 0 Å². The molecule has 0 aliphatic carbocycles. The van der Waals surface area contributed by atoms with Crippen LogP contribution in [0.4, 0.5) is 4.39 Å². The number of hydrogen-bond donors (Lipinski definition) is 2. The van der Waals surface area contributed by atoms with Gasteiger partial charge in [-0.1, -0.05) is 23.9 Å². The van der Waals surface area contributed by atoms with Crippen LogP contribution in [0.5, 0.6) is 0 Å². The Hall–Kier alpha value is -1.82. The van der Waals surface area contributed by atoms with Crippen molar-refractivity contribution in [3.63, 3.8) is 0 Å². The maximum absolute atomic E-state index is 13.3. The molecular weight excluding hydrogens is 267 g/mol. The molecular formula is C13H13FN2O2S. The van der Waals surface area contributed by atoms with Gasteiger partial charge < -0.3 is 10.4 Å². The Morgan fingerprint density at radius 2 is 2.26 bits per heavy atom. The molecule has 1 atom stereocenters. The van der Waals surface area contributed by atoms with Crippen molar-refractivity contribution in [1.82, 2.24) is 5.32 Å². The Labute approximate surface area is 114 Å². The molecule has 100 valence electrons. The highest BCUT2D eigenvalue weighted by molar-refractivity contribution is 8.13. The first-order chi connectivity index (χ1) is 9.02. The van der Waals surface area contributed by atoms with Gasteiger partial charge in [0.1, 0.15) is 11.9 Å². The zero-order valence-corrected chi connectivity index (χ0v) is 11.3. The van der Waals surface area contributed by atoms with Crippen LogP contribution in [-0.4, -0.2) is 22.5 Å². The molecule has 4 nitrogen and oxygen atoms in total. The minimum absolute atomic E-state index is 0.142. The molecule has 0 saturated heterocycles. The highest BCUT2D eigenvalue weighted by atomic mass is 32.2. The van der Waals surface area contributed by atoms with E-state index in [-0.39, 0.29) is 5.57 Å². The molecule has 1 heterocycles. The van der Waals surface area contributed by atoms with E-state index in [1.165, 1.54) is 23.9 Å². The SMILES string of the molecule is CSC1=NC(c2cccc(F)c2)C(C(=O)O)=C(C)N1. The van der Waals surface area contributed by atoms with Crippen molar-refractivity contribution in [3.05, 3.63) is 46.9 Å². The summed E-state index contributed by atoms with van der Waals surface area (Å²) in [6, 6.07) is 5.18. The van der Waals surface area contributed by atoms with Crippen molar-refractivity contribution >= 4 is 22.9 Å². The van der Waals surface area contributed by atoms with Gasteiger partial charge in [-0.25, -0.2) is 14.2 Å². The number of benzene rings is 1. The monoisotopic (exact) mass is 280 g/mol. The van der Waals surface area contributed by atoms with Crippen LogP contribution < -0.4 is 5.32 Å². The zero-order chi connectivity index (χ0) is 14.0. The number of carboxylic acid groups (broad SMARTS) is 1. The summed E-state index contributed by atoms with van der Waals surface area (Å²) >= 11 is 1.38. The van der Waals surface area contributed by atoms with Gasteiger partial charge in [-0.15, -0.1) is 0 Å². The lowest BCUT2D eigenvalue weighted by atomic mass is 9.97. The van der Waals surface area contributed by atoms with E-state index in [2.05, 4.69) is 10.3 Å². The summed E-state index contributed by atoms with van der Waals surface area (Å²) in [4.78, 5) is 15.7. The molecule has 0 bridgehead atoms. The van der Waals surface area contributed by atoms with Gasteiger partial charge in [0.05, 0.1) is 5.57 Å². The molecule has 1 unspecified atom stereocenters. The number of nitrogens with zero attached hydrogens (tertiary/aromatic N) is 1. The lowest BCUT2D eigenvalue weighted by Gasteiger charge is -2.24. The van der Waals surface area contributed by atoms with Gasteiger partial charge in [-0.05, 0) is 30.9 Å². The number of rotatable bonds is 2. The number of aliphatic imine (C=N–C) groups is 1. The second-order valence-corrected chi connectivity index (χ2v) is 4.86. The molecule has 1 aliphatic rings. The van der Waals surface area contributed by atoms with Crippen molar-refractivity contribution in [2.45, 2.75) is 13.0 Å². The summed E-state index contributed by atoms with van der Waals surface area (Å²) in [6.45, 7) is 1.68. The van der Waals surface area contributed by atoms with E-state index in [1.807, 2.05) is 6.26 Å². The van der Waals surface area contributed by atoms with E-state index in [4.69, 9.17) is 0 Å². The maximum atomic E-state index is 13.3. The Morgan fingerprint density at radius 3 is 2.84 bits per heavy atom. The van der Waals surface area contributed by atoms with Crippen molar-refractivity contribution in [2.24, 2.45) is 4.99 Å². The largest absolute Gasteiger partial charge is 0.478 e. The minimum Gasteiger partial charge on any atom is -0.478 e. The van der Waals surface area contributed by atoms with E-state index >= 15 is 0 Å². The van der Waals surface area contributed by atoms with E-state index in [0.717, 1.165) is 0 Å². The molecule has 6 heteroatoms. The molecule has 19 heavy (non-hydrogen) atoms. The van der Waals surface area contributed by atoms with Crippen LogP contribution in [0.15, 0.2) is 40.5 Å². The topological polar surface area (TPSA) is 61.7 Å². The van der Waals surface area contributed by atoms with E-state index in [9.17, 15) is 14.3 Å². The molecule has 0 fully saturated rings. The molecule has 0 radical (unpaired) electrons. The minimum atomic E-state index is -1.05. The predicted octanol–water partition coefficient (Wildman–Crippen LogP) is 2.55. The Morgan fingerprint density at radius 1 is 1.53 bits per heavy atom. The van der Waals surface area contributed by atoms with Crippen LogP contribution in [0.1, 0.15) is 18.5 Å². The van der Waals surface area contributed by atoms with Crippen molar-refractivity contribution in [2.75, 3.05) is 6.26 Å². The van der Waals surface area contributed by atoms with Crippen molar-refractivity contribution in [1.29, 1.82) is 0 Å². The highest BCUT2D eigenvalue weighted by Crippen LogP contribution is 2.32. The van der Waals surface area contributed by atoms with E-state index in [1.54, 1.807) is 19.1 Å². The summed E-state index contributed by atoms with van der Waals surface area (Å²) in [5, 5.41) is 12.9. The van der Waals surface area contributed by atoms with Gasteiger partial charge in [-0.3, -0.25) is 0 Å². The standard InChI is InChI=1S/C13H13FN2O2S/c1-7-10(12(17)18)11(16-13(15-7)19-2)8-4-3-5-9(14)6-8/h3-6,11H,1-2H3,(H,15,16)(H,17,18). The molecule has 1 aromatic carbocycles. The Balaban J connectivity index is 2.51. The fourth-order valence-electron chi connectivity index (χ4n) is 1.95. The van der Waals surface area contributed by atoms with E-state index < -0.39 is 17.8 Å². The van der Waals surface area contributed by atoms with Crippen LogP contribution in [-0.2, 0) is 4.79 Å². The first-order valence-electron chi connectivity index (χ1n) is 5.61. The molecule has 2 N–H and O–H groups in total. The van der Waals surface area contributed by atoms with Gasteiger partial charge in [0, 0.05) is 5.70 Å². The van der Waals surface area contributed by atoms with Crippen LogP contribution >= 0.6 is 11.8 Å². The van der Waals surface area contributed by atoms with Gasteiger partial charge >= 0.3 is 5.97 Å². The molecule has 0 saturated carbocycles. The molecule has 0 spiro atoms. The number of halogens is 1. The average Bonchev–Trinajstić information content (AvgIpc) is 2.37. The predicted molar refractivity (Wildman–Crippen MR) is 73.6 cm³/mol. The average molecular weight is 280 g/mol. The van der Waals surface area contributed by atoms with E-state index in [0.29, 0.717) is 16.4 Å². The van der Waals surface area contributed by atoms with Crippen molar-refractivity contribution in [3.8, 4) is 0 Å². The Kier molecular flexibility index (Phi) is 3.90. The second-order valence-electron chi connectivity index (χ2n) is 4.06. The molecule has 1 aliphatic heterocycles. The normalized spacial score (nSPS) is 18.9.